The van der Waals surface area contributed by atoms with Crippen molar-refractivity contribution in [3.63, 3.8) is 0 Å². The van der Waals surface area contributed by atoms with Gasteiger partial charge in [-0.1, -0.05) is 13.8 Å². The van der Waals surface area contributed by atoms with Crippen molar-refractivity contribution in [3.05, 3.63) is 0 Å². The number of nitriles is 1. The van der Waals surface area contributed by atoms with E-state index in [1.165, 1.54) is 0 Å². The number of methoxy groups -OCH3 is 1. The van der Waals surface area contributed by atoms with Crippen molar-refractivity contribution < 1.29 is 9.84 Å². The Hall–Kier alpha value is -0.670. The number of ether oxygens (including phenoxy) is 1. The van der Waals surface area contributed by atoms with Crippen LogP contribution in [-0.4, -0.2) is 61.5 Å². The summed E-state index contributed by atoms with van der Waals surface area (Å²) in [6.07, 6.45) is 0.470. The smallest absolute Gasteiger partial charge is 0.0869 e. The van der Waals surface area contributed by atoms with Crippen molar-refractivity contribution in [2.24, 2.45) is 0 Å². The molecule has 0 bridgehead atoms. The molecule has 0 amide bonds. The third-order valence-electron chi connectivity index (χ3n) is 2.61. The summed E-state index contributed by atoms with van der Waals surface area (Å²) in [7, 11) is 1.65. The molecule has 5 heteroatoms. The summed E-state index contributed by atoms with van der Waals surface area (Å²) in [5.41, 5.74) is -0.798. The molecule has 0 aromatic heterocycles. The molecule has 0 radical (unpaired) electrons. The fraction of sp³-hybridized carbons (Fsp3) is 0.923. The second-order valence-corrected chi connectivity index (χ2v) is 5.21. The molecule has 0 aliphatic carbocycles. The summed E-state index contributed by atoms with van der Waals surface area (Å²) in [6.45, 7) is 9.00. The lowest BCUT2D eigenvalue weighted by Gasteiger charge is -2.32. The Kier molecular flexibility index (Phi) is 8.94. The van der Waals surface area contributed by atoms with E-state index in [2.05, 4.69) is 30.1 Å². The van der Waals surface area contributed by atoms with Gasteiger partial charge in [-0.3, -0.25) is 4.90 Å². The fourth-order valence-corrected chi connectivity index (χ4v) is 1.66. The average molecular weight is 257 g/mol. The molecule has 0 aromatic rings. The van der Waals surface area contributed by atoms with Crippen molar-refractivity contribution in [1.29, 1.82) is 5.26 Å². The first-order valence-corrected chi connectivity index (χ1v) is 6.45. The molecule has 0 saturated heterocycles. The Morgan fingerprint density at radius 2 is 2.11 bits per heavy atom. The third-order valence-corrected chi connectivity index (χ3v) is 2.61. The van der Waals surface area contributed by atoms with Crippen LogP contribution in [0.2, 0.25) is 0 Å². The van der Waals surface area contributed by atoms with E-state index in [-0.39, 0.29) is 0 Å². The molecule has 0 spiro atoms. The Bertz CT molecular complexity index is 249. The molecule has 1 atom stereocenters. The molecule has 0 rings (SSSR count). The van der Waals surface area contributed by atoms with E-state index in [0.717, 1.165) is 6.54 Å². The molecule has 0 aliphatic heterocycles. The van der Waals surface area contributed by atoms with Crippen LogP contribution in [0.4, 0.5) is 0 Å². The van der Waals surface area contributed by atoms with Crippen molar-refractivity contribution in [2.45, 2.75) is 38.8 Å². The SMILES string of the molecule is COCCN(CCC#N)CC(C)(O)CNC(C)C. The number of nitrogens with one attached hydrogen (secondary N) is 1. The minimum absolute atomic E-state index is 0.350. The molecule has 18 heavy (non-hydrogen) atoms. The highest BCUT2D eigenvalue weighted by molar-refractivity contribution is 4.82. The molecule has 106 valence electrons. The van der Waals surface area contributed by atoms with Gasteiger partial charge in [0.1, 0.15) is 0 Å². The van der Waals surface area contributed by atoms with Crippen LogP contribution < -0.4 is 5.32 Å². The first-order chi connectivity index (χ1) is 8.41. The molecule has 0 aliphatic rings. The lowest BCUT2D eigenvalue weighted by atomic mass is 10.1. The second kappa shape index (κ2) is 9.29. The zero-order valence-corrected chi connectivity index (χ0v) is 12.1. The van der Waals surface area contributed by atoms with Gasteiger partial charge < -0.3 is 15.2 Å². The normalized spacial score (nSPS) is 14.8. The van der Waals surface area contributed by atoms with E-state index in [1.54, 1.807) is 7.11 Å². The largest absolute Gasteiger partial charge is 0.388 e. The van der Waals surface area contributed by atoms with Crippen LogP contribution in [0.1, 0.15) is 27.2 Å². The maximum absolute atomic E-state index is 10.3. The summed E-state index contributed by atoms with van der Waals surface area (Å²) >= 11 is 0. The molecule has 2 N–H and O–H groups in total. The quantitative estimate of drug-likeness (QED) is 0.600. The van der Waals surface area contributed by atoms with E-state index >= 15 is 0 Å². The number of rotatable bonds is 10. The Balaban J connectivity index is 4.20. The number of hydrogen-bond acceptors (Lipinski definition) is 5. The first kappa shape index (κ1) is 17.3. The maximum atomic E-state index is 10.3. The first-order valence-electron chi connectivity index (χ1n) is 6.45. The Morgan fingerprint density at radius 3 is 2.61 bits per heavy atom. The van der Waals surface area contributed by atoms with Gasteiger partial charge in [-0.15, -0.1) is 0 Å². The topological polar surface area (TPSA) is 68.5 Å². The van der Waals surface area contributed by atoms with Crippen LogP contribution >= 0.6 is 0 Å². The van der Waals surface area contributed by atoms with Gasteiger partial charge in [0.15, 0.2) is 0 Å². The zero-order chi connectivity index (χ0) is 14.0. The van der Waals surface area contributed by atoms with Gasteiger partial charge >= 0.3 is 0 Å². The average Bonchev–Trinajstić information content (AvgIpc) is 2.30. The van der Waals surface area contributed by atoms with Crippen LogP contribution in [0.5, 0.6) is 0 Å². The van der Waals surface area contributed by atoms with Crippen molar-refractivity contribution in [2.75, 3.05) is 39.9 Å². The lowest BCUT2D eigenvalue weighted by molar-refractivity contribution is 0.0126. The second-order valence-electron chi connectivity index (χ2n) is 5.21. The number of nitrogens with zero attached hydrogens (tertiary/aromatic N) is 2. The molecule has 1 unspecified atom stereocenters. The highest BCUT2D eigenvalue weighted by Crippen LogP contribution is 2.06. The van der Waals surface area contributed by atoms with E-state index < -0.39 is 5.60 Å². The summed E-state index contributed by atoms with van der Waals surface area (Å²) in [5, 5.41) is 22.2. The van der Waals surface area contributed by atoms with E-state index in [4.69, 9.17) is 10.00 Å². The monoisotopic (exact) mass is 257 g/mol. The molecule has 0 heterocycles. The van der Waals surface area contributed by atoms with E-state index in [0.29, 0.717) is 38.7 Å². The molecule has 0 saturated carbocycles. The molecule has 5 nitrogen and oxygen atoms in total. The van der Waals surface area contributed by atoms with Gasteiger partial charge in [0.2, 0.25) is 0 Å². The van der Waals surface area contributed by atoms with E-state index in [1.807, 2.05) is 6.92 Å². The van der Waals surface area contributed by atoms with E-state index in [9.17, 15) is 5.11 Å². The Morgan fingerprint density at radius 1 is 1.44 bits per heavy atom. The van der Waals surface area contributed by atoms with Crippen LogP contribution in [0.15, 0.2) is 0 Å². The standard InChI is InChI=1S/C13H27N3O2/c1-12(2)15-10-13(3,17)11-16(7-5-6-14)8-9-18-4/h12,15,17H,5,7-11H2,1-4H3. The van der Waals surface area contributed by atoms with Crippen LogP contribution in [0.3, 0.4) is 0 Å². The fourth-order valence-electron chi connectivity index (χ4n) is 1.66. The summed E-state index contributed by atoms with van der Waals surface area (Å²) in [4.78, 5) is 2.06. The zero-order valence-electron chi connectivity index (χ0n) is 12.1. The van der Waals surface area contributed by atoms with Crippen LogP contribution in [0, 0.1) is 11.3 Å². The van der Waals surface area contributed by atoms with Crippen molar-refractivity contribution in [1.82, 2.24) is 10.2 Å². The Labute approximate surface area is 111 Å². The van der Waals surface area contributed by atoms with Gasteiger partial charge in [0.25, 0.3) is 0 Å². The van der Waals surface area contributed by atoms with Crippen LogP contribution in [-0.2, 0) is 4.74 Å². The third kappa shape index (κ3) is 9.37. The maximum Gasteiger partial charge on any atom is 0.0869 e. The van der Waals surface area contributed by atoms with Crippen LogP contribution in [0.25, 0.3) is 0 Å². The predicted molar refractivity (Wildman–Crippen MR) is 72.3 cm³/mol. The molecule has 0 aromatic carbocycles. The predicted octanol–water partition coefficient (Wildman–Crippen LogP) is 0.597. The summed E-state index contributed by atoms with van der Waals surface area (Å²) in [5.74, 6) is 0. The minimum Gasteiger partial charge on any atom is -0.388 e. The molecule has 0 fully saturated rings. The van der Waals surface area contributed by atoms with Gasteiger partial charge in [0.05, 0.1) is 18.3 Å². The van der Waals surface area contributed by atoms with Crippen molar-refractivity contribution >= 4 is 0 Å². The number of aliphatic hydroxyl groups is 1. The molecular formula is C13H27N3O2. The van der Waals surface area contributed by atoms with Gasteiger partial charge in [-0.2, -0.15) is 5.26 Å². The van der Waals surface area contributed by atoms with Gasteiger partial charge in [0, 0.05) is 45.8 Å². The number of hydrogen-bond donors (Lipinski definition) is 2. The molecular weight excluding hydrogens is 230 g/mol. The highest BCUT2D eigenvalue weighted by Gasteiger charge is 2.23. The highest BCUT2D eigenvalue weighted by atomic mass is 16.5. The lowest BCUT2D eigenvalue weighted by Crippen LogP contribution is -2.49. The van der Waals surface area contributed by atoms with Gasteiger partial charge in [-0.25, -0.2) is 0 Å². The summed E-state index contributed by atoms with van der Waals surface area (Å²) in [6, 6.07) is 2.48. The van der Waals surface area contributed by atoms with Gasteiger partial charge in [-0.05, 0) is 6.92 Å². The minimum atomic E-state index is -0.798. The van der Waals surface area contributed by atoms with Crippen molar-refractivity contribution in [3.8, 4) is 6.07 Å². The summed E-state index contributed by atoms with van der Waals surface area (Å²) < 4.78 is 5.04.